The van der Waals surface area contributed by atoms with Gasteiger partial charge in [-0.15, -0.1) is 0 Å². The lowest BCUT2D eigenvalue weighted by Gasteiger charge is -2.06. The van der Waals surface area contributed by atoms with Crippen LogP contribution in [-0.2, 0) is 4.74 Å². The average Bonchev–Trinajstić information content (AvgIpc) is 2.28. The predicted octanol–water partition coefficient (Wildman–Crippen LogP) is 2.30. The Hall–Kier alpha value is -1.99. The highest BCUT2D eigenvalue weighted by Gasteiger charge is 2.03. The van der Waals surface area contributed by atoms with Crippen LogP contribution in [0.2, 0.25) is 0 Å². The van der Waals surface area contributed by atoms with Crippen LogP contribution in [0, 0.1) is 18.8 Å². The number of benzene rings is 1. The van der Waals surface area contributed by atoms with Gasteiger partial charge in [0.05, 0.1) is 13.2 Å². The summed E-state index contributed by atoms with van der Waals surface area (Å²) in [5, 5.41) is 11.3. The number of nitrogens with one attached hydrogen (secondary N) is 1. The van der Waals surface area contributed by atoms with Gasteiger partial charge < -0.3 is 9.84 Å². The predicted molar refractivity (Wildman–Crippen MR) is 70.4 cm³/mol. The molecule has 0 bridgehead atoms. The molecule has 4 heteroatoms. The third-order valence-electron chi connectivity index (χ3n) is 2.07. The van der Waals surface area contributed by atoms with Gasteiger partial charge in [-0.25, -0.2) is 4.79 Å². The summed E-state index contributed by atoms with van der Waals surface area (Å²) < 4.78 is 4.80. The minimum atomic E-state index is -0.475. The van der Waals surface area contributed by atoms with Crippen LogP contribution in [0.1, 0.15) is 24.5 Å². The zero-order chi connectivity index (χ0) is 13.4. The molecule has 0 saturated carbocycles. The molecule has 0 aromatic heterocycles. The first kappa shape index (κ1) is 14.1. The van der Waals surface area contributed by atoms with Gasteiger partial charge in [-0.2, -0.15) is 0 Å². The van der Waals surface area contributed by atoms with E-state index >= 15 is 0 Å². The van der Waals surface area contributed by atoms with Crippen molar-refractivity contribution in [2.24, 2.45) is 0 Å². The van der Waals surface area contributed by atoms with Gasteiger partial charge in [0.15, 0.2) is 0 Å². The van der Waals surface area contributed by atoms with Crippen LogP contribution in [0.15, 0.2) is 18.2 Å². The first-order chi connectivity index (χ1) is 8.65. The van der Waals surface area contributed by atoms with Crippen LogP contribution in [-0.4, -0.2) is 24.4 Å². The molecule has 0 heterocycles. The number of hydrogen-bond acceptors (Lipinski definition) is 3. The first-order valence-corrected chi connectivity index (χ1v) is 5.81. The summed E-state index contributed by atoms with van der Waals surface area (Å²) in [4.78, 5) is 11.3. The van der Waals surface area contributed by atoms with Gasteiger partial charge in [0.1, 0.15) is 0 Å². The SMILES string of the molecule is CCOC(=O)Nc1cc(C)cc(C#CCCO)c1. The highest BCUT2D eigenvalue weighted by molar-refractivity contribution is 5.85. The van der Waals surface area contributed by atoms with E-state index < -0.39 is 6.09 Å². The molecular weight excluding hydrogens is 230 g/mol. The summed E-state index contributed by atoms with van der Waals surface area (Å²) in [5.41, 5.74) is 2.45. The fraction of sp³-hybridized carbons (Fsp3) is 0.357. The topological polar surface area (TPSA) is 58.6 Å². The summed E-state index contributed by atoms with van der Waals surface area (Å²) in [6.07, 6.45) is -0.0356. The number of carbonyl (C=O) groups excluding carboxylic acids is 1. The molecule has 1 amide bonds. The Balaban J connectivity index is 2.81. The van der Waals surface area contributed by atoms with Crippen LogP contribution >= 0.6 is 0 Å². The number of aliphatic hydroxyl groups excluding tert-OH is 1. The standard InChI is InChI=1S/C14H17NO3/c1-3-18-14(17)15-13-9-11(2)8-12(10-13)6-4-5-7-16/h8-10,16H,3,5,7H2,1-2H3,(H,15,17). The summed E-state index contributed by atoms with van der Waals surface area (Å²) in [6, 6.07) is 5.53. The molecule has 18 heavy (non-hydrogen) atoms. The number of anilines is 1. The Labute approximate surface area is 107 Å². The lowest BCUT2D eigenvalue weighted by molar-refractivity contribution is 0.168. The smallest absolute Gasteiger partial charge is 0.411 e. The van der Waals surface area contributed by atoms with Crippen LogP contribution in [0.25, 0.3) is 0 Å². The van der Waals surface area contributed by atoms with E-state index in [1.807, 2.05) is 19.1 Å². The van der Waals surface area contributed by atoms with Gasteiger partial charge in [-0.05, 0) is 37.6 Å². The van der Waals surface area contributed by atoms with Crippen molar-refractivity contribution in [1.29, 1.82) is 0 Å². The van der Waals surface area contributed by atoms with E-state index in [0.29, 0.717) is 18.7 Å². The van der Waals surface area contributed by atoms with Gasteiger partial charge in [0, 0.05) is 17.7 Å². The van der Waals surface area contributed by atoms with E-state index in [2.05, 4.69) is 17.2 Å². The molecule has 96 valence electrons. The Morgan fingerprint density at radius 3 is 2.89 bits per heavy atom. The molecule has 0 spiro atoms. The van der Waals surface area contributed by atoms with E-state index in [1.165, 1.54) is 0 Å². The number of carbonyl (C=O) groups is 1. The molecule has 0 saturated heterocycles. The van der Waals surface area contributed by atoms with Crippen LogP contribution in [0.3, 0.4) is 0 Å². The molecule has 0 aliphatic heterocycles. The highest BCUT2D eigenvalue weighted by atomic mass is 16.5. The van der Waals surface area contributed by atoms with Crippen molar-refractivity contribution in [3.8, 4) is 11.8 Å². The monoisotopic (exact) mass is 247 g/mol. The van der Waals surface area contributed by atoms with E-state index in [0.717, 1.165) is 11.1 Å². The number of hydrogen-bond donors (Lipinski definition) is 2. The normalized spacial score (nSPS) is 9.28. The maximum atomic E-state index is 11.3. The van der Waals surface area contributed by atoms with E-state index in [4.69, 9.17) is 9.84 Å². The summed E-state index contributed by atoms with van der Waals surface area (Å²) in [6.45, 7) is 4.06. The summed E-state index contributed by atoms with van der Waals surface area (Å²) in [7, 11) is 0. The van der Waals surface area contributed by atoms with Crippen molar-refractivity contribution in [2.45, 2.75) is 20.3 Å². The summed E-state index contributed by atoms with van der Waals surface area (Å²) >= 11 is 0. The number of aryl methyl sites for hydroxylation is 1. The van der Waals surface area contributed by atoms with E-state index in [9.17, 15) is 4.79 Å². The zero-order valence-electron chi connectivity index (χ0n) is 10.6. The fourth-order valence-electron chi connectivity index (χ4n) is 1.43. The maximum absolute atomic E-state index is 11.3. The van der Waals surface area contributed by atoms with Gasteiger partial charge in [0.25, 0.3) is 0 Å². The minimum absolute atomic E-state index is 0.0484. The molecule has 0 aliphatic rings. The first-order valence-electron chi connectivity index (χ1n) is 5.81. The molecule has 0 fully saturated rings. The second-order valence-corrected chi connectivity index (χ2v) is 3.71. The van der Waals surface area contributed by atoms with Crippen LogP contribution in [0.5, 0.6) is 0 Å². The lowest BCUT2D eigenvalue weighted by atomic mass is 10.1. The van der Waals surface area contributed by atoms with Crippen molar-refractivity contribution in [2.75, 3.05) is 18.5 Å². The number of aliphatic hydroxyl groups is 1. The van der Waals surface area contributed by atoms with E-state index in [1.54, 1.807) is 13.0 Å². The van der Waals surface area contributed by atoms with Crippen LogP contribution < -0.4 is 5.32 Å². The third kappa shape index (κ3) is 4.89. The van der Waals surface area contributed by atoms with E-state index in [-0.39, 0.29) is 6.61 Å². The number of rotatable bonds is 3. The van der Waals surface area contributed by atoms with Gasteiger partial charge in [0.2, 0.25) is 0 Å². The third-order valence-corrected chi connectivity index (χ3v) is 2.07. The number of ether oxygens (including phenoxy) is 1. The molecule has 0 radical (unpaired) electrons. The van der Waals surface area contributed by atoms with Crippen molar-refractivity contribution in [3.05, 3.63) is 29.3 Å². The quantitative estimate of drug-likeness (QED) is 0.806. The second-order valence-electron chi connectivity index (χ2n) is 3.71. The van der Waals surface area contributed by atoms with Crippen molar-refractivity contribution < 1.29 is 14.6 Å². The van der Waals surface area contributed by atoms with Gasteiger partial charge >= 0.3 is 6.09 Å². The molecule has 1 aromatic rings. The summed E-state index contributed by atoms with van der Waals surface area (Å²) in [5.74, 6) is 5.77. The highest BCUT2D eigenvalue weighted by Crippen LogP contribution is 2.14. The Morgan fingerprint density at radius 2 is 2.22 bits per heavy atom. The Kier molecular flexibility index (Phi) is 5.75. The number of amides is 1. The molecule has 0 atom stereocenters. The van der Waals surface area contributed by atoms with Crippen LogP contribution in [0.4, 0.5) is 10.5 Å². The van der Waals surface area contributed by atoms with Crippen molar-refractivity contribution >= 4 is 11.8 Å². The fourth-order valence-corrected chi connectivity index (χ4v) is 1.43. The molecular formula is C14H17NO3. The Bertz CT molecular complexity index is 472. The second kappa shape index (κ2) is 7.36. The van der Waals surface area contributed by atoms with Crippen molar-refractivity contribution in [3.63, 3.8) is 0 Å². The molecule has 1 aromatic carbocycles. The van der Waals surface area contributed by atoms with Gasteiger partial charge in [-0.3, -0.25) is 5.32 Å². The van der Waals surface area contributed by atoms with Crippen molar-refractivity contribution in [1.82, 2.24) is 0 Å². The molecule has 4 nitrogen and oxygen atoms in total. The zero-order valence-corrected chi connectivity index (χ0v) is 10.6. The Morgan fingerprint density at radius 1 is 1.44 bits per heavy atom. The molecule has 2 N–H and O–H groups in total. The van der Waals surface area contributed by atoms with Gasteiger partial charge in [-0.1, -0.05) is 11.8 Å². The largest absolute Gasteiger partial charge is 0.450 e. The molecule has 0 unspecified atom stereocenters. The molecule has 0 aliphatic carbocycles. The minimum Gasteiger partial charge on any atom is -0.450 e. The maximum Gasteiger partial charge on any atom is 0.411 e. The lowest BCUT2D eigenvalue weighted by Crippen LogP contribution is -2.13. The average molecular weight is 247 g/mol. The molecule has 1 rings (SSSR count).